The van der Waals surface area contributed by atoms with Crippen LogP contribution in [0, 0.1) is 0 Å². The van der Waals surface area contributed by atoms with E-state index in [1.54, 1.807) is 19.4 Å². The molecule has 0 aliphatic carbocycles. The second kappa shape index (κ2) is 6.51. The number of carbonyl (C=O) groups excluding carboxylic acids is 1. The number of hydrogen-bond donors (Lipinski definition) is 2. The summed E-state index contributed by atoms with van der Waals surface area (Å²) in [6, 6.07) is 3.61. The summed E-state index contributed by atoms with van der Waals surface area (Å²) in [5.74, 6) is 0.730. The van der Waals surface area contributed by atoms with Gasteiger partial charge in [0.05, 0.1) is 19.4 Å². The maximum absolute atomic E-state index is 10.9. The highest BCUT2D eigenvalue weighted by Gasteiger charge is 1.99. The first kappa shape index (κ1) is 12.0. The number of carbonyl (C=O) groups is 1. The fourth-order valence-corrected chi connectivity index (χ4v) is 0.822. The molecule has 1 rings (SSSR count). The first-order valence-corrected chi connectivity index (χ1v) is 3.76. The summed E-state index contributed by atoms with van der Waals surface area (Å²) in [6.07, 6.45) is 1.58. The lowest BCUT2D eigenvalue weighted by Gasteiger charge is -2.01. The van der Waals surface area contributed by atoms with Gasteiger partial charge >= 0.3 is 0 Å². The van der Waals surface area contributed by atoms with Crippen LogP contribution < -0.4 is 10.6 Å². The van der Waals surface area contributed by atoms with Crippen LogP contribution in [0.4, 0.5) is 0 Å². The van der Waals surface area contributed by atoms with Gasteiger partial charge in [0.25, 0.3) is 0 Å². The summed E-state index contributed by atoms with van der Waals surface area (Å²) in [4.78, 5) is 10.9. The van der Waals surface area contributed by atoms with Crippen LogP contribution in [0.5, 0.6) is 0 Å². The summed E-state index contributed by atoms with van der Waals surface area (Å²) in [7, 11) is 1.73. The molecule has 0 unspecified atom stereocenters. The Bertz CT molecular complexity index is 236. The zero-order valence-electron chi connectivity index (χ0n) is 7.37. The van der Waals surface area contributed by atoms with Crippen LogP contribution in [0.25, 0.3) is 0 Å². The molecule has 0 aliphatic heterocycles. The standard InChI is InChI=1S/C8H12N2O2.ClH/c1-9-6-8(11)10-5-7-3-2-4-12-7;/h2-4,9H,5-6H2,1H3,(H,10,11);1H. The van der Waals surface area contributed by atoms with E-state index in [1.165, 1.54) is 0 Å². The lowest BCUT2D eigenvalue weighted by Crippen LogP contribution is -2.31. The molecule has 0 saturated carbocycles. The van der Waals surface area contributed by atoms with E-state index in [4.69, 9.17) is 4.42 Å². The lowest BCUT2D eigenvalue weighted by molar-refractivity contribution is -0.120. The number of halogens is 1. The Morgan fingerprint density at radius 2 is 2.38 bits per heavy atom. The smallest absolute Gasteiger partial charge is 0.234 e. The maximum atomic E-state index is 10.9. The molecule has 2 N–H and O–H groups in total. The maximum Gasteiger partial charge on any atom is 0.234 e. The largest absolute Gasteiger partial charge is 0.467 e. The van der Waals surface area contributed by atoms with E-state index in [0.717, 1.165) is 5.76 Å². The van der Waals surface area contributed by atoms with Crippen molar-refractivity contribution in [2.45, 2.75) is 6.54 Å². The summed E-state index contributed by atoms with van der Waals surface area (Å²) >= 11 is 0. The molecule has 1 amide bonds. The van der Waals surface area contributed by atoms with Gasteiger partial charge in [0.2, 0.25) is 5.91 Å². The van der Waals surface area contributed by atoms with Crippen molar-refractivity contribution in [2.75, 3.05) is 13.6 Å². The van der Waals surface area contributed by atoms with Crippen LogP contribution in [0.2, 0.25) is 0 Å². The highest BCUT2D eigenvalue weighted by Crippen LogP contribution is 1.97. The Morgan fingerprint density at radius 3 is 2.92 bits per heavy atom. The van der Waals surface area contributed by atoms with E-state index in [2.05, 4.69) is 10.6 Å². The Labute approximate surface area is 83.1 Å². The predicted molar refractivity (Wildman–Crippen MR) is 51.7 cm³/mol. The van der Waals surface area contributed by atoms with Crippen molar-refractivity contribution in [3.63, 3.8) is 0 Å². The molecule has 0 fully saturated rings. The van der Waals surface area contributed by atoms with Gasteiger partial charge in [-0.1, -0.05) is 0 Å². The monoisotopic (exact) mass is 204 g/mol. The minimum Gasteiger partial charge on any atom is -0.467 e. The van der Waals surface area contributed by atoms with Crippen LogP contribution in [0.15, 0.2) is 22.8 Å². The molecule has 0 saturated heterocycles. The van der Waals surface area contributed by atoms with E-state index in [9.17, 15) is 4.79 Å². The molecule has 0 spiro atoms. The highest BCUT2D eigenvalue weighted by atomic mass is 35.5. The van der Waals surface area contributed by atoms with Gasteiger partial charge < -0.3 is 15.1 Å². The normalized spacial score (nSPS) is 9.00. The van der Waals surface area contributed by atoms with Crippen molar-refractivity contribution in [3.05, 3.63) is 24.2 Å². The summed E-state index contributed by atoms with van der Waals surface area (Å²) in [5.41, 5.74) is 0. The molecule has 0 atom stereocenters. The van der Waals surface area contributed by atoms with Crippen molar-refractivity contribution in [2.24, 2.45) is 0 Å². The van der Waals surface area contributed by atoms with Crippen LogP contribution in [0.1, 0.15) is 5.76 Å². The van der Waals surface area contributed by atoms with Crippen LogP contribution >= 0.6 is 12.4 Å². The topological polar surface area (TPSA) is 54.3 Å². The van der Waals surface area contributed by atoms with Gasteiger partial charge in [0, 0.05) is 0 Å². The van der Waals surface area contributed by atoms with Gasteiger partial charge in [-0.25, -0.2) is 0 Å². The van der Waals surface area contributed by atoms with Gasteiger partial charge in [-0.15, -0.1) is 12.4 Å². The van der Waals surface area contributed by atoms with Gasteiger partial charge in [0.1, 0.15) is 5.76 Å². The lowest BCUT2D eigenvalue weighted by atomic mass is 10.4. The third-order valence-electron chi connectivity index (χ3n) is 1.38. The molecule has 4 nitrogen and oxygen atoms in total. The third kappa shape index (κ3) is 4.55. The molecular weight excluding hydrogens is 192 g/mol. The molecule has 1 heterocycles. The predicted octanol–water partition coefficient (Wildman–Crippen LogP) is 0.537. The van der Waals surface area contributed by atoms with Crippen molar-refractivity contribution >= 4 is 18.3 Å². The molecule has 0 aromatic carbocycles. The average Bonchev–Trinajstić information content (AvgIpc) is 2.53. The fraction of sp³-hybridized carbons (Fsp3) is 0.375. The van der Waals surface area contributed by atoms with Gasteiger partial charge in [-0.3, -0.25) is 4.79 Å². The second-order valence-electron chi connectivity index (χ2n) is 2.39. The van der Waals surface area contributed by atoms with E-state index < -0.39 is 0 Å². The SMILES string of the molecule is CNCC(=O)NCc1ccco1.Cl. The third-order valence-corrected chi connectivity index (χ3v) is 1.38. The van der Waals surface area contributed by atoms with Crippen LogP contribution in [-0.2, 0) is 11.3 Å². The van der Waals surface area contributed by atoms with Crippen molar-refractivity contribution in [1.82, 2.24) is 10.6 Å². The summed E-state index contributed by atoms with van der Waals surface area (Å²) < 4.78 is 5.03. The quantitative estimate of drug-likeness (QED) is 0.753. The Hall–Kier alpha value is -1.00. The van der Waals surface area contributed by atoms with Gasteiger partial charge in [-0.2, -0.15) is 0 Å². The molecule has 0 bridgehead atoms. The zero-order valence-corrected chi connectivity index (χ0v) is 8.19. The number of nitrogens with one attached hydrogen (secondary N) is 2. The van der Waals surface area contributed by atoms with Crippen LogP contribution in [0.3, 0.4) is 0 Å². The van der Waals surface area contributed by atoms with Crippen molar-refractivity contribution in [3.8, 4) is 0 Å². The summed E-state index contributed by atoms with van der Waals surface area (Å²) in [5, 5.41) is 5.45. The Morgan fingerprint density at radius 1 is 1.62 bits per heavy atom. The van der Waals surface area contributed by atoms with E-state index in [0.29, 0.717) is 13.1 Å². The first-order valence-electron chi connectivity index (χ1n) is 3.76. The van der Waals surface area contributed by atoms with Crippen LogP contribution in [-0.4, -0.2) is 19.5 Å². The molecule has 0 aliphatic rings. The van der Waals surface area contributed by atoms with E-state index in [-0.39, 0.29) is 18.3 Å². The number of hydrogen-bond acceptors (Lipinski definition) is 3. The van der Waals surface area contributed by atoms with E-state index >= 15 is 0 Å². The fourth-order valence-electron chi connectivity index (χ4n) is 0.822. The number of amides is 1. The second-order valence-corrected chi connectivity index (χ2v) is 2.39. The average molecular weight is 205 g/mol. The zero-order chi connectivity index (χ0) is 8.81. The molecule has 74 valence electrons. The minimum absolute atomic E-state index is 0. The number of rotatable bonds is 4. The molecule has 1 aromatic rings. The molecule has 13 heavy (non-hydrogen) atoms. The molecule has 5 heteroatoms. The highest BCUT2D eigenvalue weighted by molar-refractivity contribution is 5.85. The Balaban J connectivity index is 0.00000144. The summed E-state index contributed by atoms with van der Waals surface area (Å²) in [6.45, 7) is 0.786. The number of furan rings is 1. The van der Waals surface area contributed by atoms with Crippen molar-refractivity contribution < 1.29 is 9.21 Å². The Kier molecular flexibility index (Phi) is 6.01. The molecule has 0 radical (unpaired) electrons. The molecular formula is C8H13ClN2O2. The van der Waals surface area contributed by atoms with Gasteiger partial charge in [0.15, 0.2) is 0 Å². The number of likely N-dealkylation sites (N-methyl/N-ethyl adjacent to an activating group) is 1. The van der Waals surface area contributed by atoms with E-state index in [1.807, 2.05) is 6.07 Å². The van der Waals surface area contributed by atoms with Gasteiger partial charge in [-0.05, 0) is 19.2 Å². The minimum atomic E-state index is -0.0334. The molecule has 1 aromatic heterocycles. The first-order chi connectivity index (χ1) is 5.83. The van der Waals surface area contributed by atoms with Crippen molar-refractivity contribution in [1.29, 1.82) is 0 Å².